The number of benzene rings is 1. The van der Waals surface area contributed by atoms with E-state index in [0.717, 1.165) is 76.2 Å². The minimum absolute atomic E-state index is 0.00123. The van der Waals surface area contributed by atoms with Crippen molar-refractivity contribution in [3.63, 3.8) is 0 Å². The summed E-state index contributed by atoms with van der Waals surface area (Å²) in [6, 6.07) is 7.44. The quantitative estimate of drug-likeness (QED) is 0.102. The molecule has 6 atom stereocenters. The van der Waals surface area contributed by atoms with Crippen molar-refractivity contribution in [2.24, 2.45) is 11.8 Å². The van der Waals surface area contributed by atoms with Crippen LogP contribution in [0.3, 0.4) is 0 Å². The van der Waals surface area contributed by atoms with Crippen LogP contribution in [0, 0.1) is 17.2 Å². The Hall–Kier alpha value is -2.05. The summed E-state index contributed by atoms with van der Waals surface area (Å²) in [4.78, 5) is 44.7. The fourth-order valence-corrected chi connectivity index (χ4v) is 8.48. The molecule has 0 bridgehead atoms. The molecule has 1 aromatic carbocycles. The van der Waals surface area contributed by atoms with Gasteiger partial charge in [0.1, 0.15) is 5.54 Å². The van der Waals surface area contributed by atoms with E-state index in [4.69, 9.17) is 17.0 Å². The van der Waals surface area contributed by atoms with E-state index in [1.165, 1.54) is 12.6 Å². The minimum atomic E-state index is -1.22. The highest BCUT2D eigenvalue weighted by Crippen LogP contribution is 2.44. The summed E-state index contributed by atoms with van der Waals surface area (Å²) >= 11 is 6.02. The van der Waals surface area contributed by atoms with E-state index >= 15 is 0 Å². The summed E-state index contributed by atoms with van der Waals surface area (Å²) < 4.78 is 0. The van der Waals surface area contributed by atoms with E-state index in [1.54, 1.807) is 0 Å². The number of nitrogens with zero attached hydrogens (tertiary/aromatic N) is 1. The van der Waals surface area contributed by atoms with Gasteiger partial charge in [0.25, 0.3) is 0 Å². The lowest BCUT2D eigenvalue weighted by atomic mass is 9.69. The Morgan fingerprint density at radius 2 is 1.56 bits per heavy atom. The zero-order valence-corrected chi connectivity index (χ0v) is 27.5. The lowest BCUT2D eigenvalue weighted by Gasteiger charge is -2.57. The van der Waals surface area contributed by atoms with E-state index in [-0.39, 0.29) is 41.4 Å². The maximum atomic E-state index is 14.9. The third kappa shape index (κ3) is 6.81. The van der Waals surface area contributed by atoms with Crippen molar-refractivity contribution < 1.29 is 14.4 Å². The fraction of sp³-hybridized carbons (Fsp3) is 0.722. The Balaban J connectivity index is 1.68. The van der Waals surface area contributed by atoms with Gasteiger partial charge in [-0.15, -0.1) is 11.6 Å². The van der Waals surface area contributed by atoms with E-state index < -0.39 is 11.1 Å². The second-order valence-corrected chi connectivity index (χ2v) is 13.6. The number of likely N-dealkylation sites (tertiary alicyclic amines) is 1. The molecule has 0 spiro atoms. The number of halogens is 1. The van der Waals surface area contributed by atoms with Crippen LogP contribution in [-0.4, -0.2) is 51.7 Å². The molecular weight excluding hydrogens is 558 g/mol. The summed E-state index contributed by atoms with van der Waals surface area (Å²) in [6.45, 7) is 6.13. The molecule has 7 heteroatoms. The van der Waals surface area contributed by atoms with Crippen LogP contribution in [0.15, 0.2) is 24.3 Å². The number of nitrogens with one attached hydrogen (secondary N) is 2. The number of hydrogen-bond acceptors (Lipinski definition) is 5. The van der Waals surface area contributed by atoms with Crippen molar-refractivity contribution >= 4 is 35.3 Å². The van der Waals surface area contributed by atoms with E-state index in [0.29, 0.717) is 37.1 Å². The number of fused-ring (bicyclic) bond motifs is 1. The zero-order valence-electron chi connectivity index (χ0n) is 26.8. The number of carbonyl (C=O) groups is 3. The molecule has 0 radical (unpaired) electrons. The largest absolute Gasteiger partial charge is 0.321 e. The molecule has 4 rings (SSSR count). The molecule has 2 N–H and O–H groups in total. The molecule has 2 saturated carbocycles. The number of rotatable bonds is 13. The van der Waals surface area contributed by atoms with Gasteiger partial charge in [-0.25, -0.2) is 0 Å². The van der Waals surface area contributed by atoms with Crippen LogP contribution < -0.4 is 5.32 Å². The molecule has 1 aromatic rings. The average molecular weight is 612 g/mol. The van der Waals surface area contributed by atoms with Crippen LogP contribution in [0.2, 0.25) is 0 Å². The second-order valence-electron chi connectivity index (χ2n) is 13.4. The first-order chi connectivity index (χ1) is 20.8. The summed E-state index contributed by atoms with van der Waals surface area (Å²) in [5.74, 6) is 0.154. The number of alkyl halides is 1. The smallest absolute Gasteiger partial charge is 0.229 e. The maximum Gasteiger partial charge on any atom is 0.229 e. The van der Waals surface area contributed by atoms with Crippen LogP contribution in [0.1, 0.15) is 139 Å². The van der Waals surface area contributed by atoms with Gasteiger partial charge in [0.15, 0.2) is 11.6 Å². The molecule has 1 amide bonds. The molecule has 6 nitrogen and oxygen atoms in total. The van der Waals surface area contributed by atoms with Crippen LogP contribution >= 0.6 is 11.6 Å². The molecule has 1 heterocycles. The first-order valence-corrected chi connectivity index (χ1v) is 17.7. The van der Waals surface area contributed by atoms with Gasteiger partial charge in [0.05, 0.1) is 11.5 Å². The van der Waals surface area contributed by atoms with Gasteiger partial charge in [0.2, 0.25) is 5.91 Å². The summed E-state index contributed by atoms with van der Waals surface area (Å²) in [6.07, 6.45) is 15.7. The molecule has 3 fully saturated rings. The number of Topliss-reactive ketones (excluding diaryl/α,β-unsaturated/α-hetero) is 2. The normalized spacial score (nSPS) is 27.6. The third-order valence-electron chi connectivity index (χ3n) is 10.9. The predicted octanol–water partition coefficient (Wildman–Crippen LogP) is 8.03. The summed E-state index contributed by atoms with van der Waals surface area (Å²) in [5, 5.41) is 12.5. The molecule has 1 aliphatic heterocycles. The Labute approximate surface area is 264 Å². The van der Waals surface area contributed by atoms with Gasteiger partial charge < -0.3 is 15.6 Å². The average Bonchev–Trinajstić information content (AvgIpc) is 3.01. The third-order valence-corrected chi connectivity index (χ3v) is 11.2. The number of ketones is 2. The van der Waals surface area contributed by atoms with Gasteiger partial charge in [-0.3, -0.25) is 14.4 Å². The Bertz CT molecular complexity index is 1120. The van der Waals surface area contributed by atoms with Crippen molar-refractivity contribution in [3.8, 4) is 0 Å². The molecular formula is C36H54ClN3O3. The Morgan fingerprint density at radius 3 is 2.14 bits per heavy atom. The Kier molecular flexibility index (Phi) is 12.0. The van der Waals surface area contributed by atoms with Crippen LogP contribution in [-0.2, 0) is 15.5 Å². The topological polar surface area (TPSA) is 90.3 Å². The molecule has 238 valence electrons. The summed E-state index contributed by atoms with van der Waals surface area (Å²) in [5.41, 5.74) is -0.378. The first kappa shape index (κ1) is 33.8. The van der Waals surface area contributed by atoms with Crippen LogP contribution in [0.25, 0.3) is 0 Å². The highest BCUT2D eigenvalue weighted by molar-refractivity contribution is 6.17. The second kappa shape index (κ2) is 15.3. The van der Waals surface area contributed by atoms with Gasteiger partial charge in [-0.1, -0.05) is 103 Å². The van der Waals surface area contributed by atoms with Gasteiger partial charge in [-0.2, -0.15) is 0 Å². The SMILES string of the molecule is CCCC(CC)(N[C@H]1CCCCCC[C@H]1C(=O)C(C=N)(CC)N1C(=O)[C@@H]2CCCCCC[C@@H]21)C(=O)c1ccc(CCl)cc1. The van der Waals surface area contributed by atoms with Gasteiger partial charge >= 0.3 is 0 Å². The molecule has 1 saturated heterocycles. The zero-order chi connectivity index (χ0) is 31.0. The monoisotopic (exact) mass is 611 g/mol. The van der Waals surface area contributed by atoms with Crippen LogP contribution in [0.4, 0.5) is 0 Å². The predicted molar refractivity (Wildman–Crippen MR) is 175 cm³/mol. The number of β-lactam (4-membered cyclic amide) rings is 1. The fourth-order valence-electron chi connectivity index (χ4n) is 8.31. The molecule has 0 aromatic heterocycles. The first-order valence-electron chi connectivity index (χ1n) is 17.2. The van der Waals surface area contributed by atoms with Crippen LogP contribution in [0.5, 0.6) is 0 Å². The Morgan fingerprint density at radius 1 is 0.930 bits per heavy atom. The van der Waals surface area contributed by atoms with Crippen molar-refractivity contribution in [3.05, 3.63) is 35.4 Å². The highest BCUT2D eigenvalue weighted by atomic mass is 35.5. The summed E-state index contributed by atoms with van der Waals surface area (Å²) in [7, 11) is 0. The van der Waals surface area contributed by atoms with Crippen molar-refractivity contribution in [2.75, 3.05) is 0 Å². The van der Waals surface area contributed by atoms with E-state index in [2.05, 4.69) is 19.2 Å². The highest BCUT2D eigenvalue weighted by Gasteiger charge is 2.59. The molecule has 43 heavy (non-hydrogen) atoms. The van der Waals surface area contributed by atoms with Gasteiger partial charge in [0, 0.05) is 35.7 Å². The minimum Gasteiger partial charge on any atom is -0.321 e. The number of carbonyl (C=O) groups excluding carboxylic acids is 3. The maximum absolute atomic E-state index is 14.9. The van der Waals surface area contributed by atoms with Gasteiger partial charge in [-0.05, 0) is 50.5 Å². The number of hydrogen-bond donors (Lipinski definition) is 2. The van der Waals surface area contributed by atoms with E-state index in [9.17, 15) is 14.4 Å². The molecule has 3 aliphatic rings. The lowest BCUT2D eigenvalue weighted by molar-refractivity contribution is -0.171. The molecule has 2 aliphatic carbocycles. The van der Waals surface area contributed by atoms with Crippen molar-refractivity contribution in [1.29, 1.82) is 5.41 Å². The standard InChI is InChI=1S/C36H54ClN3O3/c1-4-23-35(5-2,32(41)27-21-19-26(24-37)20-22-27)39-30-17-13-9-7-11-15-28(30)33(42)36(6-3,25-38)40-31-18-14-10-8-12-16-29(31)34(40)43/h19-22,25,28-31,38-39H,4-18,23-24H2,1-3H3/t28-,29-,30+,31+,35?,36?/m1/s1. The number of amides is 1. The van der Waals surface area contributed by atoms with Crippen molar-refractivity contribution in [1.82, 2.24) is 10.2 Å². The van der Waals surface area contributed by atoms with Crippen molar-refractivity contribution in [2.45, 2.75) is 153 Å². The lowest BCUT2D eigenvalue weighted by Crippen LogP contribution is -2.74. The van der Waals surface area contributed by atoms with E-state index in [1.807, 2.05) is 36.1 Å². The molecule has 2 unspecified atom stereocenters.